The van der Waals surface area contributed by atoms with Crippen molar-refractivity contribution in [3.05, 3.63) is 35.4 Å². The number of hydrogen-bond acceptors (Lipinski definition) is 4. The maximum atomic E-state index is 12.4. The monoisotopic (exact) mass is 341 g/mol. The molecular weight excluding hydrogens is 327 g/mol. The molecule has 0 aromatic heterocycles. The maximum absolute atomic E-state index is 12.4. The van der Waals surface area contributed by atoms with E-state index in [1.807, 2.05) is 4.72 Å². The second-order valence-corrected chi connectivity index (χ2v) is 5.90. The van der Waals surface area contributed by atoms with Crippen molar-refractivity contribution in [1.29, 1.82) is 0 Å². The Morgan fingerprint density at radius 2 is 1.77 bits per heavy atom. The Morgan fingerprint density at radius 3 is 2.23 bits per heavy atom. The van der Waals surface area contributed by atoms with Gasteiger partial charge >= 0.3 is 12.1 Å². The van der Waals surface area contributed by atoms with Crippen LogP contribution in [0.5, 0.6) is 0 Å². The van der Waals surface area contributed by atoms with Crippen LogP contribution >= 0.6 is 0 Å². The predicted molar refractivity (Wildman–Crippen MR) is 70.8 cm³/mol. The number of carbonyl (C=O) groups is 1. The zero-order valence-corrected chi connectivity index (χ0v) is 11.9. The molecule has 1 unspecified atom stereocenters. The topological polar surface area (TPSA) is 122 Å². The number of halogens is 3. The lowest BCUT2D eigenvalue weighted by molar-refractivity contribution is -0.138. The number of nitrogens with one attached hydrogen (secondary N) is 2. The Bertz CT molecular complexity index is 616. The molecule has 7 nitrogen and oxygen atoms in total. The van der Waals surface area contributed by atoms with Gasteiger partial charge in [0.05, 0.1) is 5.56 Å². The lowest BCUT2D eigenvalue weighted by Crippen LogP contribution is -2.45. The highest BCUT2D eigenvalue weighted by molar-refractivity contribution is 7.87. The minimum atomic E-state index is -4.47. The molecule has 0 aliphatic heterocycles. The van der Waals surface area contributed by atoms with E-state index in [2.05, 4.69) is 4.72 Å². The fourth-order valence-corrected chi connectivity index (χ4v) is 2.19. The fourth-order valence-electron chi connectivity index (χ4n) is 1.33. The van der Waals surface area contributed by atoms with E-state index >= 15 is 0 Å². The molecule has 22 heavy (non-hydrogen) atoms. The predicted octanol–water partition coefficient (Wildman–Crippen LogP) is 0.0413. The van der Waals surface area contributed by atoms with Crippen molar-refractivity contribution in [3.63, 3.8) is 0 Å². The molecule has 1 atom stereocenters. The van der Waals surface area contributed by atoms with Gasteiger partial charge in [-0.25, -0.2) is 4.72 Å². The van der Waals surface area contributed by atoms with Crippen LogP contribution in [0, 0.1) is 0 Å². The highest BCUT2D eigenvalue weighted by Gasteiger charge is 2.29. The maximum Gasteiger partial charge on any atom is 0.416 e. The smallest absolute Gasteiger partial charge is 0.416 e. The third-order valence-corrected chi connectivity index (χ3v) is 3.63. The van der Waals surface area contributed by atoms with Crippen LogP contribution in [0.2, 0.25) is 0 Å². The molecule has 0 fully saturated rings. The van der Waals surface area contributed by atoms with Crippen molar-refractivity contribution in [2.75, 3.05) is 6.54 Å². The van der Waals surface area contributed by atoms with Gasteiger partial charge in [-0.1, -0.05) is 12.1 Å². The quantitative estimate of drug-likeness (QED) is 0.558. The van der Waals surface area contributed by atoms with Crippen molar-refractivity contribution in [2.45, 2.75) is 18.8 Å². The van der Waals surface area contributed by atoms with Gasteiger partial charge in [-0.2, -0.15) is 26.3 Å². The Kier molecular flexibility index (Phi) is 5.88. The fraction of sp³-hybridized carbons (Fsp3) is 0.364. The largest absolute Gasteiger partial charge is 0.480 e. The van der Waals surface area contributed by atoms with Crippen LogP contribution in [0.4, 0.5) is 13.2 Å². The second-order valence-electron chi connectivity index (χ2n) is 4.31. The van der Waals surface area contributed by atoms with Crippen LogP contribution in [0.25, 0.3) is 0 Å². The molecule has 0 heterocycles. The SMILES string of the molecule is NC(CNS(=O)(=O)NCc1ccc(C(F)(F)F)cc1)C(=O)O. The molecule has 0 radical (unpaired) electrons. The molecule has 124 valence electrons. The molecule has 0 amide bonds. The van der Waals surface area contributed by atoms with Gasteiger partial charge in [0, 0.05) is 13.1 Å². The van der Waals surface area contributed by atoms with Gasteiger partial charge in [0.2, 0.25) is 0 Å². The molecule has 0 saturated heterocycles. The third-order valence-electron chi connectivity index (χ3n) is 2.56. The van der Waals surface area contributed by atoms with E-state index in [9.17, 15) is 26.4 Å². The number of rotatable bonds is 7. The standard InChI is InChI=1S/C11H14F3N3O4S/c12-11(13,14)8-3-1-7(2-4-8)5-16-22(20,21)17-6-9(15)10(18)19/h1-4,9,16-17H,5-6,15H2,(H,18,19). The summed E-state index contributed by atoms with van der Waals surface area (Å²) in [5.74, 6) is -1.37. The van der Waals surface area contributed by atoms with Crippen LogP contribution in [0.15, 0.2) is 24.3 Å². The highest BCUT2D eigenvalue weighted by atomic mass is 32.2. The van der Waals surface area contributed by atoms with Crippen LogP contribution in [0.1, 0.15) is 11.1 Å². The molecular formula is C11H14F3N3O4S. The van der Waals surface area contributed by atoms with Crippen molar-refractivity contribution in [2.24, 2.45) is 5.73 Å². The Morgan fingerprint density at radius 1 is 1.23 bits per heavy atom. The normalized spacial score (nSPS) is 13.8. The molecule has 1 aromatic rings. The van der Waals surface area contributed by atoms with Gasteiger partial charge in [0.25, 0.3) is 10.2 Å². The third kappa shape index (κ3) is 5.97. The Hall–Kier alpha value is -1.69. The van der Waals surface area contributed by atoms with Crippen LogP contribution in [-0.2, 0) is 27.7 Å². The van der Waals surface area contributed by atoms with Crippen LogP contribution in [-0.4, -0.2) is 32.1 Å². The summed E-state index contributed by atoms with van der Waals surface area (Å²) >= 11 is 0. The van der Waals surface area contributed by atoms with Gasteiger partial charge in [0.15, 0.2) is 0 Å². The summed E-state index contributed by atoms with van der Waals surface area (Å²) in [6.45, 7) is -0.770. The number of aliphatic carboxylic acids is 1. The van der Waals surface area contributed by atoms with Gasteiger partial charge < -0.3 is 10.8 Å². The molecule has 0 spiro atoms. The molecule has 1 rings (SSSR count). The molecule has 0 bridgehead atoms. The zero-order valence-electron chi connectivity index (χ0n) is 11.1. The summed E-state index contributed by atoms with van der Waals surface area (Å²) in [6.07, 6.45) is -4.47. The van der Waals surface area contributed by atoms with E-state index in [0.717, 1.165) is 24.3 Å². The number of carboxylic acids is 1. The molecule has 11 heteroatoms. The zero-order chi connectivity index (χ0) is 17.0. The van der Waals surface area contributed by atoms with E-state index in [1.54, 1.807) is 0 Å². The van der Waals surface area contributed by atoms with Gasteiger partial charge in [-0.3, -0.25) is 4.79 Å². The summed E-state index contributed by atoms with van der Waals surface area (Å²) in [4.78, 5) is 10.4. The molecule has 0 aliphatic carbocycles. The van der Waals surface area contributed by atoms with Crippen molar-refractivity contribution in [3.8, 4) is 0 Å². The van der Waals surface area contributed by atoms with E-state index in [-0.39, 0.29) is 6.54 Å². The van der Waals surface area contributed by atoms with Gasteiger partial charge in [-0.15, -0.1) is 0 Å². The first-order valence-electron chi connectivity index (χ1n) is 5.90. The Labute approximate surface area is 124 Å². The lowest BCUT2D eigenvalue weighted by Gasteiger charge is -2.11. The first kappa shape index (κ1) is 18.4. The first-order valence-corrected chi connectivity index (χ1v) is 7.38. The van der Waals surface area contributed by atoms with Crippen LogP contribution < -0.4 is 15.2 Å². The van der Waals surface area contributed by atoms with E-state index < -0.39 is 40.5 Å². The number of alkyl halides is 3. The number of hydrogen-bond donors (Lipinski definition) is 4. The van der Waals surface area contributed by atoms with Gasteiger partial charge in [0.1, 0.15) is 6.04 Å². The minimum Gasteiger partial charge on any atom is -0.480 e. The second kappa shape index (κ2) is 7.05. The number of benzene rings is 1. The molecule has 1 aromatic carbocycles. The summed E-state index contributed by atoms with van der Waals surface area (Å²) in [5.41, 5.74) is 4.59. The van der Waals surface area contributed by atoms with E-state index in [1.165, 1.54) is 0 Å². The first-order chi connectivity index (χ1) is 10.0. The average Bonchev–Trinajstić information content (AvgIpc) is 2.42. The summed E-state index contributed by atoms with van der Waals surface area (Å²) in [5, 5.41) is 8.51. The lowest BCUT2D eigenvalue weighted by atomic mass is 10.1. The van der Waals surface area contributed by atoms with Crippen LogP contribution in [0.3, 0.4) is 0 Å². The minimum absolute atomic E-state index is 0.254. The van der Waals surface area contributed by atoms with Crippen molar-refractivity contribution in [1.82, 2.24) is 9.44 Å². The summed E-state index contributed by atoms with van der Waals surface area (Å²) in [7, 11) is -4.01. The highest BCUT2D eigenvalue weighted by Crippen LogP contribution is 2.28. The van der Waals surface area contributed by atoms with Gasteiger partial charge in [-0.05, 0) is 17.7 Å². The van der Waals surface area contributed by atoms with E-state index in [0.29, 0.717) is 5.56 Å². The van der Waals surface area contributed by atoms with E-state index in [4.69, 9.17) is 10.8 Å². The van der Waals surface area contributed by atoms with Crippen molar-refractivity contribution < 1.29 is 31.5 Å². The molecule has 0 saturated carbocycles. The molecule has 0 aliphatic rings. The molecule has 5 N–H and O–H groups in total. The number of carboxylic acid groups (broad SMARTS) is 1. The number of nitrogens with two attached hydrogens (primary N) is 1. The van der Waals surface area contributed by atoms with Crippen molar-refractivity contribution >= 4 is 16.2 Å². The Balaban J connectivity index is 2.56. The average molecular weight is 341 g/mol. The summed E-state index contributed by atoms with van der Waals surface area (Å²) in [6, 6.07) is 2.53. The summed E-state index contributed by atoms with van der Waals surface area (Å²) < 4.78 is 64.1.